The number of rotatable bonds is 6. The summed E-state index contributed by atoms with van der Waals surface area (Å²) >= 11 is 0. The lowest BCUT2D eigenvalue weighted by atomic mass is 9.95. The molecule has 0 amide bonds. The Morgan fingerprint density at radius 3 is 1.36 bits per heavy atom. The van der Waals surface area contributed by atoms with E-state index in [-0.39, 0.29) is 6.42 Å². The van der Waals surface area contributed by atoms with Crippen molar-refractivity contribution in [1.82, 2.24) is 0 Å². The Morgan fingerprint density at radius 2 is 1.09 bits per heavy atom. The Labute approximate surface area is 187 Å². The summed E-state index contributed by atoms with van der Waals surface area (Å²) in [5.41, 5.74) is -3.63. The molecule has 0 aliphatic heterocycles. The molecule has 0 fully saturated rings. The highest BCUT2D eigenvalue weighted by molar-refractivity contribution is 5.72. The lowest BCUT2D eigenvalue weighted by Crippen LogP contribution is -2.68. The third kappa shape index (κ3) is 7.53. The van der Waals surface area contributed by atoms with E-state index in [0.717, 1.165) is 6.92 Å². The Balaban J connectivity index is 0.000000676. The van der Waals surface area contributed by atoms with E-state index in [0.29, 0.717) is 11.8 Å². The first-order valence-corrected chi connectivity index (χ1v) is 10.3. The standard InChI is InChI=1S/C13H20.C9H9F9O2/c1-5-11(4)13-8-6-12(7-9-13)10(2)3;1-3-4(2)5(19)20-6(7(10,11)12,8(13,14)15)9(16,17)18/h6-11H,5H2,1-4H3;4H,3H2,1-2H3. The normalized spacial score (nSPS) is 14.9. The highest BCUT2D eigenvalue weighted by Crippen LogP contribution is 2.55. The molecule has 2 unspecified atom stereocenters. The van der Waals surface area contributed by atoms with Gasteiger partial charge in [0.25, 0.3) is 0 Å². The molecule has 0 aromatic heterocycles. The second kappa shape index (κ2) is 11.5. The number of esters is 1. The minimum atomic E-state index is -6.90. The molecule has 1 rings (SSSR count). The van der Waals surface area contributed by atoms with Crippen molar-refractivity contribution >= 4 is 5.97 Å². The van der Waals surface area contributed by atoms with E-state index in [4.69, 9.17) is 0 Å². The van der Waals surface area contributed by atoms with Gasteiger partial charge in [-0.3, -0.25) is 4.79 Å². The van der Waals surface area contributed by atoms with Crippen LogP contribution in [-0.4, -0.2) is 30.1 Å². The van der Waals surface area contributed by atoms with Gasteiger partial charge in [-0.2, -0.15) is 39.5 Å². The van der Waals surface area contributed by atoms with Gasteiger partial charge in [-0.1, -0.05) is 65.8 Å². The van der Waals surface area contributed by atoms with Gasteiger partial charge < -0.3 is 4.74 Å². The summed E-state index contributed by atoms with van der Waals surface area (Å²) < 4.78 is 114. The predicted octanol–water partition coefficient (Wildman–Crippen LogP) is 8.32. The van der Waals surface area contributed by atoms with E-state index >= 15 is 0 Å². The molecule has 0 saturated carbocycles. The van der Waals surface area contributed by atoms with Crippen molar-refractivity contribution < 1.29 is 49.0 Å². The molecule has 0 bridgehead atoms. The van der Waals surface area contributed by atoms with Crippen LogP contribution in [0.2, 0.25) is 0 Å². The lowest BCUT2D eigenvalue weighted by molar-refractivity contribution is -0.446. The first-order valence-electron chi connectivity index (χ1n) is 10.3. The molecule has 0 spiro atoms. The van der Waals surface area contributed by atoms with E-state index in [1.165, 1.54) is 24.5 Å². The average molecular weight is 496 g/mol. The number of carbonyl (C=O) groups is 1. The molecule has 192 valence electrons. The number of hydrogen-bond donors (Lipinski definition) is 0. The summed E-state index contributed by atoms with van der Waals surface area (Å²) in [4.78, 5) is 11.0. The Bertz CT molecular complexity index is 696. The largest absolute Gasteiger partial charge is 0.447 e. The summed E-state index contributed by atoms with van der Waals surface area (Å²) in [5, 5.41) is 0. The van der Waals surface area contributed by atoms with Crippen molar-refractivity contribution in [2.75, 3.05) is 0 Å². The van der Waals surface area contributed by atoms with Crippen LogP contribution in [-0.2, 0) is 9.53 Å². The van der Waals surface area contributed by atoms with Crippen molar-refractivity contribution in [2.24, 2.45) is 5.92 Å². The minimum absolute atomic E-state index is 0.289. The number of ether oxygens (including phenoxy) is 1. The van der Waals surface area contributed by atoms with Gasteiger partial charge in [-0.15, -0.1) is 0 Å². The smallest absolute Gasteiger partial charge is 0.432 e. The highest BCUT2D eigenvalue weighted by Gasteiger charge is 2.87. The van der Waals surface area contributed by atoms with Crippen molar-refractivity contribution in [1.29, 1.82) is 0 Å². The lowest BCUT2D eigenvalue weighted by Gasteiger charge is -2.37. The zero-order chi connectivity index (χ0) is 26.4. The van der Waals surface area contributed by atoms with E-state index in [1.54, 1.807) is 0 Å². The fraction of sp³-hybridized carbons (Fsp3) is 0.682. The van der Waals surface area contributed by atoms with E-state index in [9.17, 15) is 44.3 Å². The summed E-state index contributed by atoms with van der Waals surface area (Å²) in [6, 6.07) is 9.05. The molecule has 11 heteroatoms. The number of alkyl halides is 9. The highest BCUT2D eigenvalue weighted by atomic mass is 19.4. The molecular formula is C22H29F9O2. The fourth-order valence-corrected chi connectivity index (χ4v) is 2.52. The maximum absolute atomic E-state index is 12.4. The van der Waals surface area contributed by atoms with Crippen LogP contribution < -0.4 is 0 Å². The van der Waals surface area contributed by atoms with Crippen LogP contribution in [0.5, 0.6) is 0 Å². The fourth-order valence-electron chi connectivity index (χ4n) is 2.52. The molecule has 1 aromatic rings. The van der Waals surface area contributed by atoms with Crippen molar-refractivity contribution in [3.8, 4) is 0 Å². The third-order valence-corrected chi connectivity index (χ3v) is 5.25. The maximum Gasteiger partial charge on any atom is 0.447 e. The molecule has 2 nitrogen and oxygen atoms in total. The maximum atomic E-state index is 12.4. The number of halogens is 9. The molecular weight excluding hydrogens is 467 g/mol. The molecule has 0 radical (unpaired) electrons. The van der Waals surface area contributed by atoms with Crippen LogP contribution in [0.4, 0.5) is 39.5 Å². The van der Waals surface area contributed by atoms with Crippen molar-refractivity contribution in [3.63, 3.8) is 0 Å². The Kier molecular flexibility index (Phi) is 10.8. The zero-order valence-corrected chi connectivity index (χ0v) is 19.2. The summed E-state index contributed by atoms with van der Waals surface area (Å²) in [5.74, 6) is -2.45. The molecule has 33 heavy (non-hydrogen) atoms. The quantitative estimate of drug-likeness (QED) is 0.292. The predicted molar refractivity (Wildman–Crippen MR) is 106 cm³/mol. The van der Waals surface area contributed by atoms with Gasteiger partial charge in [0, 0.05) is 0 Å². The summed E-state index contributed by atoms with van der Waals surface area (Å²) in [6.07, 6.45) is -19.8. The van der Waals surface area contributed by atoms with Crippen LogP contribution in [0.25, 0.3) is 0 Å². The van der Waals surface area contributed by atoms with Gasteiger partial charge >= 0.3 is 30.1 Å². The van der Waals surface area contributed by atoms with E-state index in [1.807, 2.05) is 0 Å². The topological polar surface area (TPSA) is 26.3 Å². The molecule has 0 saturated heterocycles. The first kappa shape index (κ1) is 31.1. The molecule has 0 aliphatic rings. The second-order valence-corrected chi connectivity index (χ2v) is 8.04. The van der Waals surface area contributed by atoms with E-state index in [2.05, 4.69) is 56.7 Å². The molecule has 0 aliphatic carbocycles. The molecule has 0 heterocycles. The van der Waals surface area contributed by atoms with Gasteiger partial charge in [0.2, 0.25) is 0 Å². The third-order valence-electron chi connectivity index (χ3n) is 5.25. The molecule has 0 N–H and O–H groups in total. The van der Waals surface area contributed by atoms with Crippen molar-refractivity contribution in [2.45, 2.75) is 90.3 Å². The number of benzene rings is 1. The van der Waals surface area contributed by atoms with Crippen molar-refractivity contribution in [3.05, 3.63) is 35.4 Å². The van der Waals surface area contributed by atoms with E-state index < -0.39 is 36.0 Å². The average Bonchev–Trinajstić information content (AvgIpc) is 2.68. The van der Waals surface area contributed by atoms with Crippen LogP contribution >= 0.6 is 0 Å². The minimum Gasteiger partial charge on any atom is -0.432 e. The summed E-state index contributed by atoms with van der Waals surface area (Å²) in [6.45, 7) is 11.0. The van der Waals surface area contributed by atoms with Crippen LogP contribution in [0, 0.1) is 5.92 Å². The van der Waals surface area contributed by atoms with Crippen LogP contribution in [0.15, 0.2) is 24.3 Å². The van der Waals surface area contributed by atoms with Crippen LogP contribution in [0.1, 0.15) is 77.3 Å². The number of hydrogen-bond acceptors (Lipinski definition) is 2. The zero-order valence-electron chi connectivity index (χ0n) is 19.2. The van der Waals surface area contributed by atoms with Gasteiger partial charge in [-0.05, 0) is 35.8 Å². The SMILES string of the molecule is CCC(C)C(=O)OC(C(F)(F)F)(C(F)(F)F)C(F)(F)F.CCC(C)c1ccc(C(C)C)cc1. The molecule has 2 atom stereocenters. The Hall–Kier alpha value is -1.94. The number of carbonyl (C=O) groups excluding carboxylic acids is 1. The molecule has 1 aromatic carbocycles. The van der Waals surface area contributed by atoms with Gasteiger partial charge in [0.15, 0.2) is 0 Å². The summed E-state index contributed by atoms with van der Waals surface area (Å²) in [7, 11) is 0. The monoisotopic (exact) mass is 496 g/mol. The first-order chi connectivity index (χ1) is 14.8. The van der Waals surface area contributed by atoms with Gasteiger partial charge in [0.1, 0.15) is 0 Å². The second-order valence-electron chi connectivity index (χ2n) is 8.04. The van der Waals surface area contributed by atoms with Gasteiger partial charge in [-0.25, -0.2) is 0 Å². The van der Waals surface area contributed by atoms with Gasteiger partial charge in [0.05, 0.1) is 5.92 Å². The Morgan fingerprint density at radius 1 is 0.727 bits per heavy atom. The van der Waals surface area contributed by atoms with Crippen LogP contribution in [0.3, 0.4) is 0 Å².